The van der Waals surface area contributed by atoms with E-state index in [1.165, 1.54) is 0 Å². The highest BCUT2D eigenvalue weighted by Gasteiger charge is 2.26. The summed E-state index contributed by atoms with van der Waals surface area (Å²) in [6.45, 7) is 13.5. The van der Waals surface area contributed by atoms with Gasteiger partial charge in [-0.3, -0.25) is 4.79 Å². The molecule has 6 heteroatoms. The molecule has 0 aromatic heterocycles. The normalized spacial score (nSPS) is 16.4. The molecule has 6 nitrogen and oxygen atoms in total. The van der Waals surface area contributed by atoms with E-state index in [0.29, 0.717) is 32.7 Å². The van der Waals surface area contributed by atoms with Gasteiger partial charge in [0.2, 0.25) is 0 Å². The Labute approximate surface area is 145 Å². The van der Waals surface area contributed by atoms with Crippen LogP contribution in [0.4, 0.5) is 4.79 Å². The van der Waals surface area contributed by atoms with Gasteiger partial charge in [-0.15, -0.1) is 0 Å². The molecule has 134 valence electrons. The number of rotatable bonds is 4. The van der Waals surface area contributed by atoms with Gasteiger partial charge in [0.15, 0.2) is 5.78 Å². The van der Waals surface area contributed by atoms with Crippen LogP contribution in [0.15, 0.2) is 11.8 Å². The topological polar surface area (TPSA) is 67.7 Å². The minimum atomic E-state index is -0.571. The quantitative estimate of drug-likeness (QED) is 0.585. The lowest BCUT2D eigenvalue weighted by atomic mass is 9.87. The predicted octanol–water partition coefficient (Wildman–Crippen LogP) is 2.48. The number of carbonyl (C=O) groups excluding carboxylic acids is 2. The molecule has 0 spiro atoms. The molecule has 2 amide bonds. The maximum Gasteiger partial charge on any atom is 0.320 e. The Morgan fingerprint density at radius 2 is 1.75 bits per heavy atom. The molecule has 0 aliphatic carbocycles. The van der Waals surface area contributed by atoms with Gasteiger partial charge in [-0.1, -0.05) is 20.8 Å². The van der Waals surface area contributed by atoms with Gasteiger partial charge in [0, 0.05) is 50.9 Å². The van der Waals surface area contributed by atoms with Crippen LogP contribution in [0.25, 0.3) is 0 Å². The second kappa shape index (κ2) is 8.72. The zero-order valence-electron chi connectivity index (χ0n) is 15.6. The number of Topliss-reactive ketones (excluding diaryl/α,β-unsaturated/α-hetero) is 1. The van der Waals surface area contributed by atoms with E-state index in [1.807, 2.05) is 55.4 Å². The molecule has 1 fully saturated rings. The zero-order chi connectivity index (χ0) is 18.3. The first-order chi connectivity index (χ1) is 11.2. The number of nitriles is 1. The van der Waals surface area contributed by atoms with Crippen molar-refractivity contribution in [2.24, 2.45) is 5.41 Å². The van der Waals surface area contributed by atoms with Gasteiger partial charge in [0.25, 0.3) is 0 Å². The number of carbonyl (C=O) groups is 2. The lowest BCUT2D eigenvalue weighted by Gasteiger charge is -2.28. The van der Waals surface area contributed by atoms with E-state index in [0.717, 1.165) is 13.0 Å². The molecule has 1 saturated heterocycles. The third-order valence-corrected chi connectivity index (χ3v) is 4.19. The van der Waals surface area contributed by atoms with Crippen molar-refractivity contribution in [3.8, 4) is 6.07 Å². The van der Waals surface area contributed by atoms with Crippen LogP contribution >= 0.6 is 0 Å². The molecule has 1 aliphatic rings. The van der Waals surface area contributed by atoms with Crippen LogP contribution < -0.4 is 0 Å². The summed E-state index contributed by atoms with van der Waals surface area (Å²) in [7, 11) is 0. The summed E-state index contributed by atoms with van der Waals surface area (Å²) in [4.78, 5) is 30.4. The van der Waals surface area contributed by atoms with E-state index in [-0.39, 0.29) is 17.4 Å². The summed E-state index contributed by atoms with van der Waals surface area (Å²) in [5, 5.41) is 9.30. The van der Waals surface area contributed by atoms with Crippen LogP contribution in [0.2, 0.25) is 0 Å². The van der Waals surface area contributed by atoms with Crippen LogP contribution in [0, 0.1) is 16.7 Å². The van der Waals surface area contributed by atoms with E-state index in [9.17, 15) is 14.9 Å². The Hall–Kier alpha value is -2.03. The van der Waals surface area contributed by atoms with Gasteiger partial charge in [0.1, 0.15) is 11.6 Å². The Kier molecular flexibility index (Phi) is 7.27. The first-order valence-corrected chi connectivity index (χ1v) is 8.69. The molecule has 0 bridgehead atoms. The monoisotopic (exact) mass is 334 g/mol. The third kappa shape index (κ3) is 5.26. The highest BCUT2D eigenvalue weighted by Crippen LogP contribution is 2.20. The van der Waals surface area contributed by atoms with Crippen molar-refractivity contribution in [3.05, 3.63) is 11.8 Å². The maximum atomic E-state index is 12.4. The summed E-state index contributed by atoms with van der Waals surface area (Å²) in [5.41, 5.74) is -0.385. The number of nitrogens with zero attached hydrogens (tertiary/aromatic N) is 4. The molecule has 0 atom stereocenters. The lowest BCUT2D eigenvalue weighted by molar-refractivity contribution is -0.122. The molecule has 0 unspecified atom stereocenters. The predicted molar refractivity (Wildman–Crippen MR) is 94.2 cm³/mol. The molecule has 1 rings (SSSR count). The highest BCUT2D eigenvalue weighted by molar-refractivity contribution is 6.02. The van der Waals surface area contributed by atoms with Gasteiger partial charge >= 0.3 is 6.03 Å². The number of hydrogen-bond acceptors (Lipinski definition) is 4. The van der Waals surface area contributed by atoms with Crippen molar-refractivity contribution in [2.45, 2.75) is 41.0 Å². The molecule has 0 N–H and O–H groups in total. The summed E-state index contributed by atoms with van der Waals surface area (Å²) in [6, 6.07) is 2.09. The summed E-state index contributed by atoms with van der Waals surface area (Å²) in [6.07, 6.45) is 2.49. The first-order valence-electron chi connectivity index (χ1n) is 8.69. The Balaban J connectivity index is 2.79. The molecule has 1 heterocycles. The fourth-order valence-corrected chi connectivity index (χ4v) is 2.68. The number of urea groups is 1. The average molecular weight is 334 g/mol. The minimum Gasteiger partial charge on any atom is -0.374 e. The van der Waals surface area contributed by atoms with Crippen LogP contribution in [0.3, 0.4) is 0 Å². The fourth-order valence-electron chi connectivity index (χ4n) is 2.68. The molecule has 0 radical (unpaired) electrons. The SMILES string of the molecule is CCN(CC)C(=O)N1CCCN(/C=C(\C#N)C(=O)C(C)(C)C)CC1. The Morgan fingerprint density at radius 3 is 2.25 bits per heavy atom. The van der Waals surface area contributed by atoms with E-state index in [2.05, 4.69) is 0 Å². The summed E-state index contributed by atoms with van der Waals surface area (Å²) in [5.74, 6) is -0.148. The highest BCUT2D eigenvalue weighted by atomic mass is 16.2. The van der Waals surface area contributed by atoms with E-state index in [1.54, 1.807) is 6.20 Å². The number of ketones is 1. The van der Waals surface area contributed by atoms with E-state index < -0.39 is 5.41 Å². The molecule has 1 aliphatic heterocycles. The van der Waals surface area contributed by atoms with Crippen LogP contribution in [-0.4, -0.2) is 65.8 Å². The van der Waals surface area contributed by atoms with Crippen molar-refractivity contribution >= 4 is 11.8 Å². The standard InChI is InChI=1S/C18H30N4O2/c1-6-21(7-2)17(24)22-10-8-9-20(11-12-22)14-15(13-19)16(23)18(3,4)5/h14H,6-12H2,1-5H3/b15-14+. The average Bonchev–Trinajstić information content (AvgIpc) is 2.77. The van der Waals surface area contributed by atoms with Crippen molar-refractivity contribution < 1.29 is 9.59 Å². The molecule has 0 saturated carbocycles. The summed E-state index contributed by atoms with van der Waals surface area (Å²) >= 11 is 0. The minimum absolute atomic E-state index is 0.0668. The van der Waals surface area contributed by atoms with Crippen molar-refractivity contribution in [2.75, 3.05) is 39.3 Å². The Morgan fingerprint density at radius 1 is 1.12 bits per heavy atom. The zero-order valence-corrected chi connectivity index (χ0v) is 15.6. The smallest absolute Gasteiger partial charge is 0.320 e. The largest absolute Gasteiger partial charge is 0.374 e. The second-order valence-corrected chi connectivity index (χ2v) is 7.07. The maximum absolute atomic E-state index is 12.4. The van der Waals surface area contributed by atoms with Gasteiger partial charge in [-0.2, -0.15) is 5.26 Å². The van der Waals surface area contributed by atoms with Crippen molar-refractivity contribution in [1.29, 1.82) is 5.26 Å². The van der Waals surface area contributed by atoms with Gasteiger partial charge < -0.3 is 14.7 Å². The Bertz CT molecular complexity index is 524. The fraction of sp³-hybridized carbons (Fsp3) is 0.722. The molecule has 0 aromatic carbocycles. The molecular formula is C18H30N4O2. The molecule has 0 aromatic rings. The van der Waals surface area contributed by atoms with E-state index >= 15 is 0 Å². The number of amides is 2. The third-order valence-electron chi connectivity index (χ3n) is 4.19. The second-order valence-electron chi connectivity index (χ2n) is 7.07. The van der Waals surface area contributed by atoms with Crippen LogP contribution in [-0.2, 0) is 4.79 Å². The van der Waals surface area contributed by atoms with Gasteiger partial charge in [-0.25, -0.2) is 4.79 Å². The molecule has 24 heavy (non-hydrogen) atoms. The van der Waals surface area contributed by atoms with Gasteiger partial charge in [0.05, 0.1) is 0 Å². The number of hydrogen-bond donors (Lipinski definition) is 0. The molecular weight excluding hydrogens is 304 g/mol. The summed E-state index contributed by atoms with van der Waals surface area (Å²) < 4.78 is 0. The van der Waals surface area contributed by atoms with Gasteiger partial charge in [-0.05, 0) is 20.3 Å². The van der Waals surface area contributed by atoms with Crippen LogP contribution in [0.1, 0.15) is 41.0 Å². The number of allylic oxidation sites excluding steroid dienone is 1. The van der Waals surface area contributed by atoms with Crippen molar-refractivity contribution in [3.63, 3.8) is 0 Å². The van der Waals surface area contributed by atoms with E-state index in [4.69, 9.17) is 0 Å². The van der Waals surface area contributed by atoms with Crippen molar-refractivity contribution in [1.82, 2.24) is 14.7 Å². The lowest BCUT2D eigenvalue weighted by Crippen LogP contribution is -2.44. The van der Waals surface area contributed by atoms with Crippen LogP contribution in [0.5, 0.6) is 0 Å². The first kappa shape index (κ1) is 20.0.